The van der Waals surface area contributed by atoms with E-state index in [-0.39, 0.29) is 11.5 Å². The standard InChI is InChI=1S/C25H32BFN2O3/c1-3-4-5-16-32-24-18-20(8-6-9-23(24)31-2)29-14-7-13-28(25(29)30)15-12-19-10-11-22(27)21(26)17-19/h6,8,10-11,17-18H,3-5,7,9,12-16H2,1-2H3. The Morgan fingerprint density at radius 3 is 2.81 bits per heavy atom. The lowest BCUT2D eigenvalue weighted by molar-refractivity contribution is 0.145. The average molecular weight is 438 g/mol. The van der Waals surface area contributed by atoms with Crippen molar-refractivity contribution in [3.8, 4) is 0 Å². The van der Waals surface area contributed by atoms with Gasteiger partial charge < -0.3 is 14.4 Å². The Hall–Kier alpha value is -2.70. The molecule has 3 rings (SSSR count). The molecule has 2 radical (unpaired) electrons. The summed E-state index contributed by atoms with van der Waals surface area (Å²) in [6.45, 7) is 4.69. The fourth-order valence-corrected chi connectivity index (χ4v) is 3.90. The van der Waals surface area contributed by atoms with Crippen LogP contribution in [0, 0.1) is 5.82 Å². The van der Waals surface area contributed by atoms with E-state index in [1.165, 1.54) is 6.07 Å². The first-order valence-corrected chi connectivity index (χ1v) is 11.4. The van der Waals surface area contributed by atoms with Crippen molar-refractivity contribution in [3.05, 3.63) is 65.0 Å². The van der Waals surface area contributed by atoms with Gasteiger partial charge in [-0.2, -0.15) is 0 Å². The molecule has 0 atom stereocenters. The molecule has 32 heavy (non-hydrogen) atoms. The number of nitrogens with zero attached hydrogens (tertiary/aromatic N) is 2. The fraction of sp³-hybridized carbons (Fsp3) is 0.480. The van der Waals surface area contributed by atoms with Gasteiger partial charge in [0.15, 0.2) is 5.76 Å². The molecule has 1 saturated heterocycles. The number of carbonyl (C=O) groups is 1. The van der Waals surface area contributed by atoms with Gasteiger partial charge in [0.25, 0.3) is 0 Å². The normalized spacial score (nSPS) is 16.8. The van der Waals surface area contributed by atoms with E-state index >= 15 is 0 Å². The molecule has 170 valence electrons. The Morgan fingerprint density at radius 1 is 1.22 bits per heavy atom. The van der Waals surface area contributed by atoms with Gasteiger partial charge in [0, 0.05) is 37.8 Å². The Bertz CT molecular complexity index is 897. The highest BCUT2D eigenvalue weighted by atomic mass is 19.1. The van der Waals surface area contributed by atoms with Crippen LogP contribution >= 0.6 is 0 Å². The first-order valence-electron chi connectivity index (χ1n) is 11.4. The third-order valence-electron chi connectivity index (χ3n) is 5.75. The Morgan fingerprint density at radius 2 is 2.06 bits per heavy atom. The summed E-state index contributed by atoms with van der Waals surface area (Å²) >= 11 is 0. The van der Waals surface area contributed by atoms with E-state index in [1.807, 2.05) is 23.1 Å². The summed E-state index contributed by atoms with van der Waals surface area (Å²) in [7, 11) is 7.32. The zero-order valence-corrected chi connectivity index (χ0v) is 19.1. The fourth-order valence-electron chi connectivity index (χ4n) is 3.90. The second kappa shape index (κ2) is 11.8. The number of benzene rings is 1. The number of carbonyl (C=O) groups excluding carboxylic acids is 1. The van der Waals surface area contributed by atoms with E-state index < -0.39 is 5.82 Å². The second-order valence-electron chi connectivity index (χ2n) is 8.10. The van der Waals surface area contributed by atoms with Gasteiger partial charge in [-0.15, -0.1) is 0 Å². The third kappa shape index (κ3) is 6.18. The molecule has 0 N–H and O–H groups in total. The van der Waals surface area contributed by atoms with Crippen LogP contribution in [0.4, 0.5) is 9.18 Å². The van der Waals surface area contributed by atoms with Crippen molar-refractivity contribution in [2.75, 3.05) is 33.4 Å². The summed E-state index contributed by atoms with van der Waals surface area (Å²) < 4.78 is 25.0. The van der Waals surface area contributed by atoms with Crippen LogP contribution in [0.25, 0.3) is 0 Å². The van der Waals surface area contributed by atoms with Crippen molar-refractivity contribution >= 4 is 19.3 Å². The van der Waals surface area contributed by atoms with Crippen LogP contribution in [-0.4, -0.2) is 57.0 Å². The number of ether oxygens (including phenoxy) is 2. The lowest BCUT2D eigenvalue weighted by atomic mass is 9.93. The number of halogens is 1. The molecule has 1 aromatic carbocycles. The summed E-state index contributed by atoms with van der Waals surface area (Å²) in [6, 6.07) is 4.69. The maximum absolute atomic E-state index is 13.4. The van der Waals surface area contributed by atoms with Crippen molar-refractivity contribution in [1.82, 2.24) is 9.80 Å². The van der Waals surface area contributed by atoms with E-state index in [0.29, 0.717) is 44.8 Å². The summed E-state index contributed by atoms with van der Waals surface area (Å²) in [5.74, 6) is 1.04. The zero-order chi connectivity index (χ0) is 22.9. The molecule has 2 amide bonds. The Kier molecular flexibility index (Phi) is 8.83. The van der Waals surface area contributed by atoms with E-state index in [9.17, 15) is 9.18 Å². The monoisotopic (exact) mass is 438 g/mol. The Balaban J connectivity index is 1.69. The van der Waals surface area contributed by atoms with Crippen molar-refractivity contribution in [3.63, 3.8) is 0 Å². The van der Waals surface area contributed by atoms with Crippen LogP contribution in [0.1, 0.15) is 44.6 Å². The molecule has 7 heteroatoms. The predicted octanol–water partition coefficient (Wildman–Crippen LogP) is 4.20. The number of urea groups is 1. The van der Waals surface area contributed by atoms with E-state index in [1.54, 1.807) is 24.1 Å². The van der Waals surface area contributed by atoms with Crippen LogP contribution in [0.5, 0.6) is 0 Å². The smallest absolute Gasteiger partial charge is 0.324 e. The molecule has 2 aliphatic rings. The van der Waals surface area contributed by atoms with Crippen molar-refractivity contribution in [2.24, 2.45) is 0 Å². The first-order chi connectivity index (χ1) is 15.5. The molecular weight excluding hydrogens is 406 g/mol. The van der Waals surface area contributed by atoms with Gasteiger partial charge in [-0.25, -0.2) is 9.18 Å². The summed E-state index contributed by atoms with van der Waals surface area (Å²) in [5, 5.41) is 0. The molecule has 1 heterocycles. The lowest BCUT2D eigenvalue weighted by Crippen LogP contribution is -2.49. The van der Waals surface area contributed by atoms with Gasteiger partial charge in [-0.05, 0) is 37.0 Å². The molecule has 0 aromatic heterocycles. The van der Waals surface area contributed by atoms with Gasteiger partial charge in [0.2, 0.25) is 0 Å². The van der Waals surface area contributed by atoms with E-state index in [2.05, 4.69) is 6.92 Å². The predicted molar refractivity (Wildman–Crippen MR) is 125 cm³/mol. The van der Waals surface area contributed by atoms with Crippen molar-refractivity contribution < 1.29 is 18.7 Å². The maximum atomic E-state index is 13.4. The SMILES string of the molecule is [B]c1cc(CCN2CCCN(C3=CC(OCCCCC)=C(OC)CC=C3)C2=O)ccc1F. The largest absolute Gasteiger partial charge is 0.497 e. The van der Waals surface area contributed by atoms with Crippen LogP contribution in [-0.2, 0) is 15.9 Å². The summed E-state index contributed by atoms with van der Waals surface area (Å²) in [4.78, 5) is 16.9. The van der Waals surface area contributed by atoms with E-state index in [0.717, 1.165) is 42.7 Å². The van der Waals surface area contributed by atoms with Gasteiger partial charge in [0.05, 0.1) is 13.7 Å². The number of hydrogen-bond donors (Lipinski definition) is 0. The number of hydrogen-bond acceptors (Lipinski definition) is 3. The maximum Gasteiger partial charge on any atom is 0.324 e. The molecule has 1 aliphatic carbocycles. The summed E-state index contributed by atoms with van der Waals surface area (Å²) in [5.41, 5.74) is 1.86. The molecule has 1 aliphatic heterocycles. The van der Waals surface area contributed by atoms with Crippen LogP contribution in [0.15, 0.2) is 53.6 Å². The van der Waals surface area contributed by atoms with Crippen molar-refractivity contribution in [1.29, 1.82) is 0 Å². The molecule has 1 fully saturated rings. The molecule has 0 saturated carbocycles. The topological polar surface area (TPSA) is 42.0 Å². The van der Waals surface area contributed by atoms with Crippen LogP contribution < -0.4 is 5.46 Å². The highest BCUT2D eigenvalue weighted by Crippen LogP contribution is 2.25. The molecular formula is C25H32BFN2O3. The van der Waals surface area contributed by atoms with Crippen LogP contribution in [0.2, 0.25) is 0 Å². The van der Waals surface area contributed by atoms with Gasteiger partial charge >= 0.3 is 6.03 Å². The molecule has 0 bridgehead atoms. The minimum Gasteiger partial charge on any atom is -0.497 e. The zero-order valence-electron chi connectivity index (χ0n) is 19.1. The highest BCUT2D eigenvalue weighted by Gasteiger charge is 2.28. The van der Waals surface area contributed by atoms with E-state index in [4.69, 9.17) is 17.3 Å². The number of unbranched alkanes of at least 4 members (excludes halogenated alkanes) is 2. The highest BCUT2D eigenvalue weighted by molar-refractivity contribution is 6.32. The molecule has 0 spiro atoms. The molecule has 5 nitrogen and oxygen atoms in total. The molecule has 1 aromatic rings. The quantitative estimate of drug-likeness (QED) is 0.406. The Labute approximate surface area is 192 Å². The minimum absolute atomic E-state index is 0.0339. The second-order valence-corrected chi connectivity index (χ2v) is 8.10. The first kappa shape index (κ1) is 24.0. The molecule has 0 unspecified atom stereocenters. The van der Waals surface area contributed by atoms with Gasteiger partial charge in [-0.3, -0.25) is 4.90 Å². The van der Waals surface area contributed by atoms with Gasteiger partial charge in [-0.1, -0.05) is 43.4 Å². The van der Waals surface area contributed by atoms with Gasteiger partial charge in [0.1, 0.15) is 19.4 Å². The third-order valence-corrected chi connectivity index (χ3v) is 5.75. The lowest BCUT2D eigenvalue weighted by Gasteiger charge is -2.36. The summed E-state index contributed by atoms with van der Waals surface area (Å²) in [6.07, 6.45) is 11.2. The minimum atomic E-state index is -0.419. The number of allylic oxidation sites excluding steroid dienone is 3. The van der Waals surface area contributed by atoms with Crippen molar-refractivity contribution in [2.45, 2.75) is 45.4 Å². The number of rotatable bonds is 10. The number of methoxy groups -OCH3 is 1. The number of amides is 2. The average Bonchev–Trinajstić information content (AvgIpc) is 3.00. The van der Waals surface area contributed by atoms with Crippen LogP contribution in [0.3, 0.4) is 0 Å².